The van der Waals surface area contributed by atoms with Crippen LogP contribution in [0.3, 0.4) is 0 Å². The number of nitrogens with one attached hydrogen (secondary N) is 1. The number of thiophene rings is 1. The number of rotatable bonds is 5. The van der Waals surface area contributed by atoms with Gasteiger partial charge in [0.25, 0.3) is 5.69 Å². The van der Waals surface area contributed by atoms with Gasteiger partial charge in [-0.3, -0.25) is 25.1 Å². The van der Waals surface area contributed by atoms with E-state index in [2.05, 4.69) is 10.5 Å². The summed E-state index contributed by atoms with van der Waals surface area (Å²) in [6.45, 7) is 0. The summed E-state index contributed by atoms with van der Waals surface area (Å²) in [5.74, 6) is -1.57. The van der Waals surface area contributed by atoms with Crippen molar-refractivity contribution < 1.29 is 14.5 Å². The third-order valence-corrected chi connectivity index (χ3v) is 5.31. The van der Waals surface area contributed by atoms with Crippen LogP contribution in [0.15, 0.2) is 71.1 Å². The third-order valence-electron chi connectivity index (χ3n) is 4.41. The number of non-ortho nitro benzene ring substituents is 1. The number of fused-ring (bicyclic) bond motifs is 1. The molecule has 0 atom stereocenters. The SMILES string of the molecule is O=C1c2ccccc2C(=O)C1C(=NNc1ccc([N+](=O)[O-])cc1)c1cccs1. The number of hydrogen-bond donors (Lipinski definition) is 1. The number of carbonyl (C=O) groups is 2. The van der Waals surface area contributed by atoms with Crippen LogP contribution < -0.4 is 5.43 Å². The lowest BCUT2D eigenvalue weighted by Crippen LogP contribution is -2.26. The van der Waals surface area contributed by atoms with Crippen LogP contribution in [0, 0.1) is 16.0 Å². The molecule has 1 aliphatic carbocycles. The Hall–Kier alpha value is -3.65. The molecular formula is C20H13N3O4S. The number of nitrogens with zero attached hydrogens (tertiary/aromatic N) is 2. The lowest BCUT2D eigenvalue weighted by atomic mass is 9.96. The summed E-state index contributed by atoms with van der Waals surface area (Å²) in [7, 11) is 0. The van der Waals surface area contributed by atoms with Crippen LogP contribution in [-0.2, 0) is 0 Å². The fourth-order valence-corrected chi connectivity index (χ4v) is 3.81. The number of benzene rings is 2. The van der Waals surface area contributed by atoms with Crippen LogP contribution in [0.1, 0.15) is 25.6 Å². The molecule has 4 rings (SSSR count). The standard InChI is InChI=1S/C20H13N3O4S/c24-19-14-4-1-2-5-15(14)20(25)17(19)18(16-6-3-11-28-16)22-21-12-7-9-13(10-8-12)23(26)27/h1-11,17,21H. The first-order valence-corrected chi connectivity index (χ1v) is 9.23. The van der Waals surface area contributed by atoms with Crippen molar-refractivity contribution in [3.8, 4) is 0 Å². The van der Waals surface area contributed by atoms with E-state index in [-0.39, 0.29) is 17.3 Å². The molecule has 1 heterocycles. The largest absolute Gasteiger partial charge is 0.293 e. The fourth-order valence-electron chi connectivity index (χ4n) is 3.06. The average molecular weight is 391 g/mol. The quantitative estimate of drug-likeness (QED) is 0.304. The third kappa shape index (κ3) is 3.10. The maximum absolute atomic E-state index is 12.9. The summed E-state index contributed by atoms with van der Waals surface area (Å²) in [4.78, 5) is 36.7. The van der Waals surface area contributed by atoms with E-state index in [9.17, 15) is 19.7 Å². The minimum absolute atomic E-state index is 0.0374. The van der Waals surface area contributed by atoms with Crippen molar-refractivity contribution in [3.63, 3.8) is 0 Å². The monoisotopic (exact) mass is 391 g/mol. The molecule has 0 bridgehead atoms. The molecule has 3 aromatic rings. The molecule has 1 aliphatic rings. The predicted molar refractivity (Wildman–Crippen MR) is 106 cm³/mol. The summed E-state index contributed by atoms with van der Waals surface area (Å²) in [5, 5.41) is 17.0. The second-order valence-corrected chi connectivity index (χ2v) is 7.04. The Labute approximate surface area is 163 Å². The number of hydrogen-bond acceptors (Lipinski definition) is 7. The van der Waals surface area contributed by atoms with Gasteiger partial charge in [-0.25, -0.2) is 0 Å². The van der Waals surface area contributed by atoms with E-state index in [0.29, 0.717) is 27.4 Å². The number of hydrazone groups is 1. The molecule has 7 nitrogen and oxygen atoms in total. The molecule has 1 aromatic heterocycles. The molecule has 0 saturated heterocycles. The van der Waals surface area contributed by atoms with Gasteiger partial charge in [-0.05, 0) is 23.6 Å². The molecule has 138 valence electrons. The van der Waals surface area contributed by atoms with Crippen molar-refractivity contribution >= 4 is 40.0 Å². The maximum Gasteiger partial charge on any atom is 0.269 e. The molecule has 8 heteroatoms. The first-order valence-electron chi connectivity index (χ1n) is 8.35. The van der Waals surface area contributed by atoms with Gasteiger partial charge in [-0.2, -0.15) is 5.10 Å². The summed E-state index contributed by atoms with van der Waals surface area (Å²) in [5.41, 5.74) is 4.42. The normalized spacial score (nSPS) is 14.2. The minimum Gasteiger partial charge on any atom is -0.293 e. The van der Waals surface area contributed by atoms with Crippen LogP contribution >= 0.6 is 11.3 Å². The zero-order chi connectivity index (χ0) is 19.7. The second kappa shape index (κ2) is 7.16. The van der Waals surface area contributed by atoms with Gasteiger partial charge in [0.15, 0.2) is 11.6 Å². The first kappa shape index (κ1) is 17.7. The lowest BCUT2D eigenvalue weighted by Gasteiger charge is -2.11. The highest BCUT2D eigenvalue weighted by Crippen LogP contribution is 2.31. The van der Waals surface area contributed by atoms with Crippen LogP contribution in [0.2, 0.25) is 0 Å². The molecular weight excluding hydrogens is 378 g/mol. The van der Waals surface area contributed by atoms with Gasteiger partial charge in [0.2, 0.25) is 0 Å². The van der Waals surface area contributed by atoms with Gasteiger partial charge in [0.1, 0.15) is 5.92 Å². The van der Waals surface area contributed by atoms with Crippen molar-refractivity contribution in [2.45, 2.75) is 0 Å². The fraction of sp³-hybridized carbons (Fsp3) is 0.0500. The molecule has 0 unspecified atom stereocenters. The molecule has 0 spiro atoms. The molecule has 0 fully saturated rings. The van der Waals surface area contributed by atoms with Gasteiger partial charge in [0, 0.05) is 23.3 Å². The van der Waals surface area contributed by atoms with Crippen molar-refractivity contribution in [2.24, 2.45) is 11.0 Å². The molecule has 0 aliphatic heterocycles. The van der Waals surface area contributed by atoms with Gasteiger partial charge in [0.05, 0.1) is 21.2 Å². The Balaban J connectivity index is 1.69. The van der Waals surface area contributed by atoms with Crippen LogP contribution in [0.5, 0.6) is 0 Å². The molecule has 0 amide bonds. The minimum atomic E-state index is -1.01. The van der Waals surface area contributed by atoms with Gasteiger partial charge < -0.3 is 0 Å². The first-order chi connectivity index (χ1) is 13.6. The number of nitro groups is 1. The van der Waals surface area contributed by atoms with Crippen LogP contribution in [-0.4, -0.2) is 22.2 Å². The van der Waals surface area contributed by atoms with Crippen molar-refractivity contribution in [2.75, 3.05) is 5.43 Å². The van der Waals surface area contributed by atoms with E-state index in [1.54, 1.807) is 30.3 Å². The number of anilines is 1. The Morgan fingerprint density at radius 1 is 0.964 bits per heavy atom. The Morgan fingerprint density at radius 2 is 1.61 bits per heavy atom. The Kier molecular flexibility index (Phi) is 4.54. The van der Waals surface area contributed by atoms with E-state index in [4.69, 9.17) is 0 Å². The number of Topliss-reactive ketones (excluding diaryl/α,β-unsaturated/α-hetero) is 2. The van der Waals surface area contributed by atoms with Gasteiger partial charge >= 0.3 is 0 Å². The van der Waals surface area contributed by atoms with Crippen molar-refractivity contribution in [3.05, 3.63) is 92.2 Å². The highest BCUT2D eigenvalue weighted by molar-refractivity contribution is 7.12. The predicted octanol–water partition coefficient (Wildman–Crippen LogP) is 4.17. The Bertz CT molecular complexity index is 1070. The lowest BCUT2D eigenvalue weighted by molar-refractivity contribution is -0.384. The second-order valence-electron chi connectivity index (χ2n) is 6.10. The maximum atomic E-state index is 12.9. The Morgan fingerprint density at radius 3 is 2.14 bits per heavy atom. The molecule has 1 N–H and O–H groups in total. The smallest absolute Gasteiger partial charge is 0.269 e. The average Bonchev–Trinajstić information content (AvgIpc) is 3.32. The summed E-state index contributed by atoms with van der Waals surface area (Å²) < 4.78 is 0. The highest BCUT2D eigenvalue weighted by Gasteiger charge is 2.42. The summed E-state index contributed by atoms with van der Waals surface area (Å²) in [6.07, 6.45) is 0. The molecule has 0 radical (unpaired) electrons. The van der Waals surface area contributed by atoms with Gasteiger partial charge in [-0.15, -0.1) is 11.3 Å². The highest BCUT2D eigenvalue weighted by atomic mass is 32.1. The van der Waals surface area contributed by atoms with Crippen LogP contribution in [0.4, 0.5) is 11.4 Å². The molecule has 2 aromatic carbocycles. The summed E-state index contributed by atoms with van der Waals surface area (Å²) >= 11 is 1.38. The van der Waals surface area contributed by atoms with Crippen LogP contribution in [0.25, 0.3) is 0 Å². The van der Waals surface area contributed by atoms with E-state index in [1.165, 1.54) is 35.6 Å². The van der Waals surface area contributed by atoms with E-state index >= 15 is 0 Å². The zero-order valence-corrected chi connectivity index (χ0v) is 15.2. The number of ketones is 2. The van der Waals surface area contributed by atoms with Gasteiger partial charge in [-0.1, -0.05) is 30.3 Å². The van der Waals surface area contributed by atoms with E-state index < -0.39 is 10.8 Å². The van der Waals surface area contributed by atoms with E-state index in [1.807, 2.05) is 11.4 Å². The number of carbonyl (C=O) groups excluding carboxylic acids is 2. The molecule has 0 saturated carbocycles. The van der Waals surface area contributed by atoms with E-state index in [0.717, 1.165) is 0 Å². The zero-order valence-electron chi connectivity index (χ0n) is 14.4. The number of nitro benzene ring substituents is 1. The van der Waals surface area contributed by atoms with Crippen molar-refractivity contribution in [1.29, 1.82) is 0 Å². The molecule has 28 heavy (non-hydrogen) atoms. The summed E-state index contributed by atoms with van der Waals surface area (Å²) in [6, 6.07) is 16.1. The van der Waals surface area contributed by atoms with Crippen molar-refractivity contribution in [1.82, 2.24) is 0 Å². The topological polar surface area (TPSA) is 102 Å².